The van der Waals surface area contributed by atoms with Crippen molar-refractivity contribution in [2.24, 2.45) is 11.8 Å². The van der Waals surface area contributed by atoms with Crippen LogP contribution in [-0.4, -0.2) is 37.2 Å². The molecule has 6 heteroatoms. The van der Waals surface area contributed by atoms with E-state index in [1.54, 1.807) is 0 Å². The van der Waals surface area contributed by atoms with Crippen molar-refractivity contribution in [3.63, 3.8) is 0 Å². The van der Waals surface area contributed by atoms with Crippen molar-refractivity contribution >= 4 is 17.9 Å². The fourth-order valence-electron chi connectivity index (χ4n) is 7.81. The highest BCUT2D eigenvalue weighted by Gasteiger charge is 2.19. The van der Waals surface area contributed by atoms with Gasteiger partial charge in [0, 0.05) is 19.3 Å². The number of hydrogen-bond acceptors (Lipinski definition) is 6. The first-order valence-corrected chi connectivity index (χ1v) is 25.7. The van der Waals surface area contributed by atoms with Crippen molar-refractivity contribution in [1.82, 2.24) is 0 Å². The molecule has 344 valence electrons. The Morgan fingerprint density at radius 2 is 0.569 bits per heavy atom. The monoisotopic (exact) mass is 821 g/mol. The van der Waals surface area contributed by atoms with Gasteiger partial charge in [0.2, 0.25) is 0 Å². The van der Waals surface area contributed by atoms with E-state index in [1.165, 1.54) is 167 Å². The first-order chi connectivity index (χ1) is 28.2. The average molecular weight is 821 g/mol. The molecule has 0 rings (SSSR count). The second kappa shape index (κ2) is 44.9. The molecule has 0 amide bonds. The minimum absolute atomic E-state index is 0.0646. The predicted molar refractivity (Wildman–Crippen MR) is 247 cm³/mol. The summed E-state index contributed by atoms with van der Waals surface area (Å²) in [6.45, 7) is 11.3. The standard InChI is InChI=1S/C52H100O6/c1-6-7-8-30-37-42-50(53)56-45-49(46-57-51(54)43-38-33-28-24-20-16-13-12-15-19-23-27-32-36-41-48(4)5)58-52(55)44-39-34-29-25-21-17-11-9-10-14-18-22-26-31-35-40-47(2)3/h47-49H,6-46H2,1-5H3/t49-/m0/s1. The van der Waals surface area contributed by atoms with Crippen LogP contribution in [0.4, 0.5) is 0 Å². The zero-order valence-electron chi connectivity index (χ0n) is 39.7. The Labute approximate surface area is 361 Å². The smallest absolute Gasteiger partial charge is 0.306 e. The molecule has 0 bridgehead atoms. The third kappa shape index (κ3) is 45.5. The van der Waals surface area contributed by atoms with Crippen LogP contribution < -0.4 is 0 Å². The van der Waals surface area contributed by atoms with Crippen LogP contribution in [0.2, 0.25) is 0 Å². The minimum atomic E-state index is -0.759. The van der Waals surface area contributed by atoms with Crippen LogP contribution in [-0.2, 0) is 28.6 Å². The highest BCUT2D eigenvalue weighted by atomic mass is 16.6. The van der Waals surface area contributed by atoms with Crippen LogP contribution in [0.5, 0.6) is 0 Å². The van der Waals surface area contributed by atoms with E-state index in [1.807, 2.05) is 0 Å². The zero-order chi connectivity index (χ0) is 42.6. The summed E-state index contributed by atoms with van der Waals surface area (Å²) < 4.78 is 16.7. The lowest BCUT2D eigenvalue weighted by Crippen LogP contribution is -2.30. The molecule has 0 aromatic heterocycles. The normalized spacial score (nSPS) is 12.1. The topological polar surface area (TPSA) is 78.9 Å². The van der Waals surface area contributed by atoms with E-state index in [-0.39, 0.29) is 31.1 Å². The molecular weight excluding hydrogens is 721 g/mol. The number of carbonyl (C=O) groups excluding carboxylic acids is 3. The van der Waals surface area contributed by atoms with Crippen molar-refractivity contribution in [3.05, 3.63) is 0 Å². The molecule has 0 aliphatic carbocycles. The van der Waals surface area contributed by atoms with Gasteiger partial charge in [0.1, 0.15) is 13.2 Å². The number of unbranched alkanes of at least 4 members (excludes halogenated alkanes) is 31. The lowest BCUT2D eigenvalue weighted by Gasteiger charge is -2.18. The molecule has 1 atom stereocenters. The number of ether oxygens (including phenoxy) is 3. The van der Waals surface area contributed by atoms with Gasteiger partial charge >= 0.3 is 17.9 Å². The Hall–Kier alpha value is -1.59. The van der Waals surface area contributed by atoms with Gasteiger partial charge in [-0.05, 0) is 31.1 Å². The maximum absolute atomic E-state index is 12.7. The largest absolute Gasteiger partial charge is 0.462 e. The van der Waals surface area contributed by atoms with Gasteiger partial charge in [0.05, 0.1) is 0 Å². The van der Waals surface area contributed by atoms with E-state index in [2.05, 4.69) is 34.6 Å². The van der Waals surface area contributed by atoms with Gasteiger partial charge in [0.25, 0.3) is 0 Å². The third-order valence-corrected chi connectivity index (χ3v) is 11.7. The molecule has 0 aromatic carbocycles. The first kappa shape index (κ1) is 56.4. The van der Waals surface area contributed by atoms with Crippen LogP contribution >= 0.6 is 0 Å². The number of esters is 3. The van der Waals surface area contributed by atoms with E-state index in [9.17, 15) is 14.4 Å². The van der Waals surface area contributed by atoms with Gasteiger partial charge < -0.3 is 14.2 Å². The Kier molecular flexibility index (Phi) is 43.7. The van der Waals surface area contributed by atoms with E-state index in [0.29, 0.717) is 19.3 Å². The Morgan fingerprint density at radius 1 is 0.328 bits per heavy atom. The van der Waals surface area contributed by atoms with Crippen LogP contribution in [0.25, 0.3) is 0 Å². The van der Waals surface area contributed by atoms with Crippen LogP contribution in [0.15, 0.2) is 0 Å². The molecule has 0 fully saturated rings. The van der Waals surface area contributed by atoms with Gasteiger partial charge in [-0.1, -0.05) is 247 Å². The Bertz CT molecular complexity index is 885. The second-order valence-electron chi connectivity index (χ2n) is 18.8. The summed E-state index contributed by atoms with van der Waals surface area (Å²) >= 11 is 0. The van der Waals surface area contributed by atoms with Gasteiger partial charge in [-0.2, -0.15) is 0 Å². The fourth-order valence-corrected chi connectivity index (χ4v) is 7.81. The SMILES string of the molecule is CCCCCCCC(=O)OC[C@@H](COC(=O)CCCCCCCCCCCCCCCCC(C)C)OC(=O)CCCCCCCCCCCCCCCCCC(C)C. The summed E-state index contributed by atoms with van der Waals surface area (Å²) in [4.78, 5) is 37.6. The van der Waals surface area contributed by atoms with Gasteiger partial charge in [-0.15, -0.1) is 0 Å². The average Bonchev–Trinajstić information content (AvgIpc) is 3.19. The molecule has 0 unspecified atom stereocenters. The van der Waals surface area contributed by atoms with Gasteiger partial charge in [-0.3, -0.25) is 14.4 Å². The maximum Gasteiger partial charge on any atom is 0.306 e. The summed E-state index contributed by atoms with van der Waals surface area (Å²) in [6, 6.07) is 0. The summed E-state index contributed by atoms with van der Waals surface area (Å²) in [6.07, 6.45) is 45.5. The zero-order valence-corrected chi connectivity index (χ0v) is 39.7. The van der Waals surface area contributed by atoms with Crippen molar-refractivity contribution in [3.8, 4) is 0 Å². The first-order valence-electron chi connectivity index (χ1n) is 25.7. The summed E-state index contributed by atoms with van der Waals surface area (Å²) in [5.74, 6) is 0.831. The van der Waals surface area contributed by atoms with Crippen LogP contribution in [0.1, 0.15) is 285 Å². The Balaban J connectivity index is 4.11. The van der Waals surface area contributed by atoms with Crippen molar-refractivity contribution in [1.29, 1.82) is 0 Å². The van der Waals surface area contributed by atoms with Crippen molar-refractivity contribution in [2.75, 3.05) is 13.2 Å². The van der Waals surface area contributed by atoms with E-state index in [4.69, 9.17) is 14.2 Å². The van der Waals surface area contributed by atoms with Crippen LogP contribution in [0.3, 0.4) is 0 Å². The lowest BCUT2D eigenvalue weighted by molar-refractivity contribution is -0.167. The molecule has 0 aliphatic heterocycles. The molecule has 0 N–H and O–H groups in total. The molecule has 0 radical (unpaired) electrons. The molecule has 0 aliphatic rings. The number of carbonyl (C=O) groups is 3. The summed E-state index contributed by atoms with van der Waals surface area (Å²) in [5, 5.41) is 0. The maximum atomic E-state index is 12.7. The van der Waals surface area contributed by atoms with E-state index in [0.717, 1.165) is 76.0 Å². The molecule has 0 aromatic rings. The molecular formula is C52H100O6. The van der Waals surface area contributed by atoms with E-state index >= 15 is 0 Å². The quantitative estimate of drug-likeness (QED) is 0.0346. The highest BCUT2D eigenvalue weighted by Crippen LogP contribution is 2.17. The predicted octanol–water partition coefficient (Wildman–Crippen LogP) is 16.5. The number of hydrogen-bond donors (Lipinski definition) is 0. The van der Waals surface area contributed by atoms with E-state index < -0.39 is 6.10 Å². The molecule has 0 saturated heterocycles. The van der Waals surface area contributed by atoms with Crippen molar-refractivity contribution in [2.45, 2.75) is 291 Å². The minimum Gasteiger partial charge on any atom is -0.462 e. The van der Waals surface area contributed by atoms with Crippen LogP contribution in [0, 0.1) is 11.8 Å². The molecule has 0 saturated carbocycles. The summed E-state index contributed by atoms with van der Waals surface area (Å²) in [5.41, 5.74) is 0. The molecule has 58 heavy (non-hydrogen) atoms. The van der Waals surface area contributed by atoms with Gasteiger partial charge in [-0.25, -0.2) is 0 Å². The van der Waals surface area contributed by atoms with Crippen molar-refractivity contribution < 1.29 is 28.6 Å². The molecule has 0 spiro atoms. The Morgan fingerprint density at radius 3 is 0.845 bits per heavy atom. The number of rotatable bonds is 46. The highest BCUT2D eigenvalue weighted by molar-refractivity contribution is 5.71. The third-order valence-electron chi connectivity index (χ3n) is 11.7. The summed E-state index contributed by atoms with van der Waals surface area (Å²) in [7, 11) is 0. The molecule has 0 heterocycles. The lowest BCUT2D eigenvalue weighted by atomic mass is 10.0. The fraction of sp³-hybridized carbons (Fsp3) is 0.942. The molecule has 6 nitrogen and oxygen atoms in total. The second-order valence-corrected chi connectivity index (χ2v) is 18.8. The van der Waals surface area contributed by atoms with Gasteiger partial charge in [0.15, 0.2) is 6.10 Å².